The number of para-hydroxylation sites is 2. The molecule has 4 rings (SSSR count). The predicted octanol–water partition coefficient (Wildman–Crippen LogP) is 6.63. The first-order valence-corrected chi connectivity index (χ1v) is 10.1. The highest BCUT2D eigenvalue weighted by Gasteiger charge is 2.12. The van der Waals surface area contributed by atoms with E-state index in [1.807, 2.05) is 57.7 Å². The van der Waals surface area contributed by atoms with Gasteiger partial charge in [-0.2, -0.15) is 0 Å². The van der Waals surface area contributed by atoms with Gasteiger partial charge in [0.15, 0.2) is 0 Å². The summed E-state index contributed by atoms with van der Waals surface area (Å²) < 4.78 is 3.90. The Hall–Kier alpha value is -1.91. The van der Waals surface area contributed by atoms with Gasteiger partial charge in [0.1, 0.15) is 0 Å². The first-order valence-electron chi connectivity index (χ1n) is 8.54. The molecule has 1 heterocycles. The summed E-state index contributed by atoms with van der Waals surface area (Å²) in [6.45, 7) is 1.04. The van der Waals surface area contributed by atoms with Gasteiger partial charge in [0, 0.05) is 0 Å². The van der Waals surface area contributed by atoms with Crippen molar-refractivity contribution >= 4 is 57.4 Å². The molecule has 0 saturated heterocycles. The van der Waals surface area contributed by atoms with E-state index in [4.69, 9.17) is 51.8 Å². The number of halogens is 4. The van der Waals surface area contributed by atoms with Crippen LogP contribution in [-0.4, -0.2) is 9.13 Å². The zero-order valence-corrected chi connectivity index (χ0v) is 17.6. The van der Waals surface area contributed by atoms with Gasteiger partial charge < -0.3 is 9.13 Å². The molecule has 0 fully saturated rings. The van der Waals surface area contributed by atoms with Gasteiger partial charge in [-0.3, -0.25) is 5.41 Å². The second-order valence-electron chi connectivity index (χ2n) is 6.48. The van der Waals surface area contributed by atoms with Gasteiger partial charge in [-0.05, 0) is 47.5 Å². The summed E-state index contributed by atoms with van der Waals surface area (Å²) >= 11 is 24.4. The van der Waals surface area contributed by atoms with Crippen molar-refractivity contribution < 1.29 is 0 Å². The van der Waals surface area contributed by atoms with Crippen LogP contribution in [0.15, 0.2) is 60.7 Å². The second kappa shape index (κ2) is 7.84. The van der Waals surface area contributed by atoms with E-state index in [1.165, 1.54) is 0 Å². The van der Waals surface area contributed by atoms with Crippen LogP contribution in [0, 0.1) is 5.41 Å². The number of hydrogen-bond donors (Lipinski definition) is 1. The molecule has 0 bridgehead atoms. The van der Waals surface area contributed by atoms with Crippen LogP contribution in [0.2, 0.25) is 20.1 Å². The van der Waals surface area contributed by atoms with E-state index in [0.717, 1.165) is 22.2 Å². The molecule has 0 amide bonds. The first kappa shape index (κ1) is 19.4. The smallest absolute Gasteiger partial charge is 0.203 e. The summed E-state index contributed by atoms with van der Waals surface area (Å²) in [5.41, 5.74) is 4.28. The molecule has 142 valence electrons. The molecule has 0 spiro atoms. The molecule has 7 heteroatoms. The minimum absolute atomic E-state index is 0.387. The standard InChI is InChI=1S/C21H15Cl4N3/c22-15-7-5-13(9-17(15)24)11-27-19-3-1-2-4-20(19)28(21(27)26)12-14-6-8-16(23)18(25)10-14/h1-10,26H,11-12H2. The minimum Gasteiger partial charge on any atom is -0.306 e. The molecule has 0 saturated carbocycles. The molecule has 1 aromatic heterocycles. The Morgan fingerprint density at radius 1 is 0.607 bits per heavy atom. The Labute approximate surface area is 182 Å². The van der Waals surface area contributed by atoms with E-state index < -0.39 is 0 Å². The number of fused-ring (bicyclic) bond motifs is 1. The lowest BCUT2D eigenvalue weighted by atomic mass is 10.2. The monoisotopic (exact) mass is 449 g/mol. The summed E-state index contributed by atoms with van der Waals surface area (Å²) in [4.78, 5) is 0. The van der Waals surface area contributed by atoms with Crippen LogP contribution in [-0.2, 0) is 13.1 Å². The number of hydrogen-bond acceptors (Lipinski definition) is 1. The van der Waals surface area contributed by atoms with Gasteiger partial charge in [-0.15, -0.1) is 0 Å². The molecular formula is C21H15Cl4N3. The fourth-order valence-corrected chi connectivity index (χ4v) is 3.90. The normalized spacial score (nSPS) is 11.3. The SMILES string of the molecule is N=c1n(Cc2ccc(Cl)c(Cl)c2)c2ccccc2n1Cc1ccc(Cl)c(Cl)c1. The van der Waals surface area contributed by atoms with Crippen molar-refractivity contribution in [1.29, 1.82) is 5.41 Å². The van der Waals surface area contributed by atoms with Crippen LogP contribution in [0.5, 0.6) is 0 Å². The number of aromatic nitrogens is 2. The summed E-state index contributed by atoms with van der Waals surface area (Å²) in [7, 11) is 0. The number of rotatable bonds is 4. The third kappa shape index (κ3) is 3.68. The molecule has 4 aromatic rings. The highest BCUT2D eigenvalue weighted by molar-refractivity contribution is 6.42. The van der Waals surface area contributed by atoms with Gasteiger partial charge in [0.25, 0.3) is 0 Å². The van der Waals surface area contributed by atoms with Crippen LogP contribution < -0.4 is 5.62 Å². The van der Waals surface area contributed by atoms with E-state index >= 15 is 0 Å². The molecule has 0 aliphatic rings. The molecule has 3 nitrogen and oxygen atoms in total. The first-order chi connectivity index (χ1) is 13.4. The van der Waals surface area contributed by atoms with Crippen LogP contribution in [0.3, 0.4) is 0 Å². The molecule has 28 heavy (non-hydrogen) atoms. The molecule has 1 N–H and O–H groups in total. The Bertz CT molecular complexity index is 1150. The predicted molar refractivity (Wildman–Crippen MR) is 117 cm³/mol. The lowest BCUT2D eigenvalue weighted by molar-refractivity contribution is 0.664. The highest BCUT2D eigenvalue weighted by atomic mass is 35.5. The highest BCUT2D eigenvalue weighted by Crippen LogP contribution is 2.25. The Balaban J connectivity index is 1.80. The maximum atomic E-state index is 8.77. The fraction of sp³-hybridized carbons (Fsp3) is 0.0952. The Morgan fingerprint density at radius 2 is 1.04 bits per heavy atom. The van der Waals surface area contributed by atoms with Crippen molar-refractivity contribution in [1.82, 2.24) is 9.13 Å². The lowest BCUT2D eigenvalue weighted by Gasteiger charge is -2.07. The van der Waals surface area contributed by atoms with E-state index in [2.05, 4.69) is 0 Å². The number of benzene rings is 3. The average molecular weight is 451 g/mol. The van der Waals surface area contributed by atoms with Crippen molar-refractivity contribution in [2.24, 2.45) is 0 Å². The number of imidazole rings is 1. The molecule has 0 aliphatic heterocycles. The van der Waals surface area contributed by atoms with Crippen molar-refractivity contribution in [3.05, 3.63) is 97.5 Å². The van der Waals surface area contributed by atoms with Crippen LogP contribution in [0.25, 0.3) is 11.0 Å². The van der Waals surface area contributed by atoms with Crippen molar-refractivity contribution in [3.8, 4) is 0 Å². The van der Waals surface area contributed by atoms with E-state index in [-0.39, 0.29) is 0 Å². The van der Waals surface area contributed by atoms with Crippen LogP contribution in [0.4, 0.5) is 0 Å². The van der Waals surface area contributed by atoms with Crippen molar-refractivity contribution in [2.75, 3.05) is 0 Å². The minimum atomic E-state index is 0.387. The summed E-state index contributed by atoms with van der Waals surface area (Å²) in [5, 5.41) is 10.8. The molecule has 0 radical (unpaired) electrons. The molecule has 0 atom stereocenters. The van der Waals surface area contributed by atoms with Crippen LogP contribution >= 0.6 is 46.4 Å². The second-order valence-corrected chi connectivity index (χ2v) is 8.11. The third-order valence-corrected chi connectivity index (χ3v) is 6.10. The maximum Gasteiger partial charge on any atom is 0.203 e. The van der Waals surface area contributed by atoms with Gasteiger partial charge >= 0.3 is 0 Å². The molecular weight excluding hydrogens is 436 g/mol. The molecule has 3 aromatic carbocycles. The van der Waals surface area contributed by atoms with E-state index in [1.54, 1.807) is 12.1 Å². The van der Waals surface area contributed by atoms with Gasteiger partial charge in [0.2, 0.25) is 5.62 Å². The number of nitrogens with one attached hydrogen (secondary N) is 1. The van der Waals surface area contributed by atoms with E-state index in [0.29, 0.717) is 38.8 Å². The molecule has 0 unspecified atom stereocenters. The number of nitrogens with zero attached hydrogens (tertiary/aromatic N) is 2. The summed E-state index contributed by atoms with van der Waals surface area (Å²) in [6, 6.07) is 19.0. The quantitative estimate of drug-likeness (QED) is 0.362. The van der Waals surface area contributed by atoms with Crippen LogP contribution in [0.1, 0.15) is 11.1 Å². The topological polar surface area (TPSA) is 33.7 Å². The zero-order chi connectivity index (χ0) is 19.8. The fourth-order valence-electron chi connectivity index (χ4n) is 3.26. The third-order valence-electron chi connectivity index (χ3n) is 4.62. The Kier molecular flexibility index (Phi) is 5.44. The summed E-state index contributed by atoms with van der Waals surface area (Å²) in [6.07, 6.45) is 0. The lowest BCUT2D eigenvalue weighted by Crippen LogP contribution is -2.25. The van der Waals surface area contributed by atoms with Crippen molar-refractivity contribution in [2.45, 2.75) is 13.1 Å². The van der Waals surface area contributed by atoms with Gasteiger partial charge in [-0.25, -0.2) is 0 Å². The maximum absolute atomic E-state index is 8.77. The molecule has 0 aliphatic carbocycles. The van der Waals surface area contributed by atoms with Gasteiger partial charge in [-0.1, -0.05) is 70.7 Å². The van der Waals surface area contributed by atoms with E-state index in [9.17, 15) is 0 Å². The van der Waals surface area contributed by atoms with Gasteiger partial charge in [0.05, 0.1) is 44.2 Å². The van der Waals surface area contributed by atoms with Crippen molar-refractivity contribution in [3.63, 3.8) is 0 Å². The Morgan fingerprint density at radius 3 is 1.43 bits per heavy atom. The zero-order valence-electron chi connectivity index (χ0n) is 14.6. The average Bonchev–Trinajstić information content (AvgIpc) is 2.93. The summed E-state index contributed by atoms with van der Waals surface area (Å²) in [5.74, 6) is 0. The largest absolute Gasteiger partial charge is 0.306 e.